The Balaban J connectivity index is 1.34. The molecule has 3 heterocycles. The van der Waals surface area contributed by atoms with Gasteiger partial charge in [0.05, 0.1) is 6.04 Å². The first-order chi connectivity index (χ1) is 15.3. The zero-order chi connectivity index (χ0) is 20.8. The van der Waals surface area contributed by atoms with E-state index in [4.69, 9.17) is 0 Å². The highest BCUT2D eigenvalue weighted by atomic mass is 16.1. The van der Waals surface area contributed by atoms with Gasteiger partial charge in [0.25, 0.3) is 0 Å². The van der Waals surface area contributed by atoms with Crippen molar-refractivity contribution in [3.05, 3.63) is 82.7 Å². The molecule has 1 aromatic carbocycles. The maximum atomic E-state index is 12.8. The maximum Gasteiger partial charge on any atom is 0.162 e. The second-order valence-corrected chi connectivity index (χ2v) is 9.61. The van der Waals surface area contributed by atoms with Crippen molar-refractivity contribution in [2.75, 3.05) is 6.54 Å². The summed E-state index contributed by atoms with van der Waals surface area (Å²) >= 11 is 0. The number of Topliss-reactive ketones (excluding diaryl/α,β-unsaturated/α-hetero) is 1. The molecule has 2 unspecified atom stereocenters. The third-order valence-corrected chi connectivity index (χ3v) is 8.04. The molecule has 3 nitrogen and oxygen atoms in total. The fraction of sp³-hybridized carbons (Fsp3) is 0.429. The smallest absolute Gasteiger partial charge is 0.162 e. The quantitative estimate of drug-likeness (QED) is 0.581. The average Bonchev–Trinajstić information content (AvgIpc) is 3.05. The number of rotatable bonds is 4. The highest BCUT2D eigenvalue weighted by molar-refractivity contribution is 5.96. The Morgan fingerprint density at radius 3 is 2.90 bits per heavy atom. The van der Waals surface area contributed by atoms with E-state index >= 15 is 0 Å². The van der Waals surface area contributed by atoms with Gasteiger partial charge in [-0.05, 0) is 61.7 Å². The summed E-state index contributed by atoms with van der Waals surface area (Å²) in [6, 6.07) is 10.3. The molecule has 5 aliphatic rings. The lowest BCUT2D eigenvalue weighted by Gasteiger charge is -2.37. The van der Waals surface area contributed by atoms with Gasteiger partial charge < -0.3 is 4.90 Å². The van der Waals surface area contributed by atoms with Crippen LogP contribution in [0.2, 0.25) is 0 Å². The molecule has 0 spiro atoms. The number of benzene rings is 1. The second-order valence-electron chi connectivity index (χ2n) is 9.61. The minimum atomic E-state index is 0.282. The van der Waals surface area contributed by atoms with Crippen LogP contribution in [0.15, 0.2) is 82.2 Å². The lowest BCUT2D eigenvalue weighted by atomic mass is 9.73. The molecular formula is C28H30N2O. The first-order valence-corrected chi connectivity index (χ1v) is 12.0. The molecule has 0 aromatic heterocycles. The molecule has 2 aliphatic carbocycles. The minimum absolute atomic E-state index is 0.282. The minimum Gasteiger partial charge on any atom is -0.341 e. The predicted molar refractivity (Wildman–Crippen MR) is 125 cm³/mol. The van der Waals surface area contributed by atoms with Gasteiger partial charge in [-0.2, -0.15) is 0 Å². The van der Waals surface area contributed by atoms with E-state index in [-0.39, 0.29) is 5.78 Å². The molecule has 0 saturated carbocycles. The van der Waals surface area contributed by atoms with E-state index in [2.05, 4.69) is 34.2 Å². The Morgan fingerprint density at radius 2 is 2.00 bits per heavy atom. The van der Waals surface area contributed by atoms with Crippen LogP contribution in [-0.2, 0) is 0 Å². The third kappa shape index (κ3) is 3.17. The molecule has 0 bridgehead atoms. The van der Waals surface area contributed by atoms with Gasteiger partial charge in [0.2, 0.25) is 0 Å². The summed E-state index contributed by atoms with van der Waals surface area (Å²) in [5.74, 6) is 1.96. The van der Waals surface area contributed by atoms with Crippen molar-refractivity contribution in [3.8, 4) is 0 Å². The SMILES string of the molecule is O=C(CCC1CC[C@H]2C3=C1CC=C1C=CCCC1N3C1=CC=NC[C@@H]12)c1ccccc1. The van der Waals surface area contributed by atoms with Crippen molar-refractivity contribution in [3.63, 3.8) is 0 Å². The summed E-state index contributed by atoms with van der Waals surface area (Å²) < 4.78 is 0. The van der Waals surface area contributed by atoms with E-state index in [0.717, 1.165) is 31.4 Å². The lowest BCUT2D eigenvalue weighted by Crippen LogP contribution is -2.34. The standard InChI is InChI=1S/C28H30N2O/c31-27(21-7-2-1-3-8-21)15-12-19-10-14-23-24-18-29-17-16-26(24)30-25-9-5-4-6-20(25)11-13-22(19)28(23)30/h1-4,6-8,11,16-17,19,23-25H,5,9-10,12-15,18H2/t19?,23-,24-,25?/m1/s1. The zero-order valence-corrected chi connectivity index (χ0v) is 18.0. The Labute approximate surface area is 184 Å². The average molecular weight is 411 g/mol. The van der Waals surface area contributed by atoms with Crippen molar-refractivity contribution in [2.24, 2.45) is 22.7 Å². The predicted octanol–water partition coefficient (Wildman–Crippen LogP) is 5.88. The van der Waals surface area contributed by atoms with Gasteiger partial charge in [-0.25, -0.2) is 0 Å². The Kier molecular flexibility index (Phi) is 4.78. The molecule has 0 amide bonds. The lowest BCUT2D eigenvalue weighted by molar-refractivity contribution is 0.0973. The molecule has 158 valence electrons. The number of aliphatic imine (C=N–C) groups is 1. The van der Waals surface area contributed by atoms with Crippen LogP contribution in [0.25, 0.3) is 0 Å². The Hall–Kier alpha value is -2.68. The summed E-state index contributed by atoms with van der Waals surface area (Å²) in [5.41, 5.74) is 7.06. The fourth-order valence-electron chi connectivity index (χ4n) is 6.59. The Morgan fingerprint density at radius 1 is 1.10 bits per heavy atom. The van der Waals surface area contributed by atoms with Gasteiger partial charge in [-0.3, -0.25) is 9.79 Å². The van der Waals surface area contributed by atoms with Crippen molar-refractivity contribution in [1.82, 2.24) is 4.90 Å². The van der Waals surface area contributed by atoms with E-state index < -0.39 is 0 Å². The van der Waals surface area contributed by atoms with Crippen LogP contribution in [0.3, 0.4) is 0 Å². The summed E-state index contributed by atoms with van der Waals surface area (Å²) in [5, 5.41) is 0. The second kappa shape index (κ2) is 7.78. The molecule has 1 saturated heterocycles. The van der Waals surface area contributed by atoms with Crippen LogP contribution >= 0.6 is 0 Å². The molecule has 0 radical (unpaired) electrons. The summed E-state index contributed by atoms with van der Waals surface area (Å²) in [6.07, 6.45) is 18.9. The first kappa shape index (κ1) is 19.0. The van der Waals surface area contributed by atoms with Gasteiger partial charge in [-0.15, -0.1) is 0 Å². The van der Waals surface area contributed by atoms with Crippen LogP contribution in [0.5, 0.6) is 0 Å². The zero-order valence-electron chi connectivity index (χ0n) is 18.0. The Bertz CT molecular complexity index is 1040. The van der Waals surface area contributed by atoms with Crippen LogP contribution in [0, 0.1) is 17.8 Å². The first-order valence-electron chi connectivity index (χ1n) is 12.0. The van der Waals surface area contributed by atoms with Gasteiger partial charge in [0.15, 0.2) is 5.78 Å². The van der Waals surface area contributed by atoms with E-state index in [9.17, 15) is 4.79 Å². The number of carbonyl (C=O) groups excluding carboxylic acids is 1. The van der Waals surface area contributed by atoms with Crippen molar-refractivity contribution >= 4 is 12.0 Å². The molecule has 3 heteroatoms. The van der Waals surface area contributed by atoms with E-state index in [1.165, 1.54) is 30.5 Å². The molecular weight excluding hydrogens is 380 g/mol. The van der Waals surface area contributed by atoms with Gasteiger partial charge in [-0.1, -0.05) is 48.6 Å². The topological polar surface area (TPSA) is 32.7 Å². The number of allylic oxidation sites excluding steroid dienone is 5. The molecule has 4 atom stereocenters. The highest BCUT2D eigenvalue weighted by Crippen LogP contribution is 2.55. The number of carbonyl (C=O) groups is 1. The maximum absolute atomic E-state index is 12.8. The molecule has 0 N–H and O–H groups in total. The van der Waals surface area contributed by atoms with Crippen molar-refractivity contribution in [2.45, 2.75) is 51.0 Å². The van der Waals surface area contributed by atoms with Crippen LogP contribution in [0.4, 0.5) is 0 Å². The van der Waals surface area contributed by atoms with E-state index in [0.29, 0.717) is 30.2 Å². The molecule has 1 aromatic rings. The number of hydrogen-bond donors (Lipinski definition) is 0. The third-order valence-electron chi connectivity index (χ3n) is 8.04. The monoisotopic (exact) mass is 410 g/mol. The number of nitrogens with zero attached hydrogens (tertiary/aromatic N) is 2. The van der Waals surface area contributed by atoms with Crippen LogP contribution in [0.1, 0.15) is 55.3 Å². The number of dihydropyridines is 1. The van der Waals surface area contributed by atoms with Crippen LogP contribution in [-0.4, -0.2) is 29.5 Å². The normalized spacial score (nSPS) is 30.8. The summed E-state index contributed by atoms with van der Waals surface area (Å²) in [4.78, 5) is 20.2. The van der Waals surface area contributed by atoms with E-state index in [1.54, 1.807) is 11.3 Å². The van der Waals surface area contributed by atoms with Gasteiger partial charge in [0.1, 0.15) is 0 Å². The summed E-state index contributed by atoms with van der Waals surface area (Å²) in [6.45, 7) is 0.933. The highest BCUT2D eigenvalue weighted by Gasteiger charge is 2.49. The number of fused-ring (bicyclic) bond motifs is 5. The van der Waals surface area contributed by atoms with Gasteiger partial charge >= 0.3 is 0 Å². The largest absolute Gasteiger partial charge is 0.341 e. The van der Waals surface area contributed by atoms with Crippen LogP contribution < -0.4 is 0 Å². The number of hydrogen-bond acceptors (Lipinski definition) is 3. The molecule has 6 rings (SSSR count). The van der Waals surface area contributed by atoms with E-state index in [1.807, 2.05) is 36.5 Å². The summed E-state index contributed by atoms with van der Waals surface area (Å²) in [7, 11) is 0. The fourth-order valence-corrected chi connectivity index (χ4v) is 6.59. The van der Waals surface area contributed by atoms with Gasteiger partial charge in [0, 0.05) is 48.0 Å². The van der Waals surface area contributed by atoms with Crippen molar-refractivity contribution in [1.29, 1.82) is 0 Å². The molecule has 1 fully saturated rings. The number of ketones is 1. The molecule has 3 aliphatic heterocycles. The van der Waals surface area contributed by atoms with Crippen molar-refractivity contribution < 1.29 is 4.79 Å². The molecule has 31 heavy (non-hydrogen) atoms.